The molecule has 1 aliphatic carbocycles. The predicted molar refractivity (Wildman–Crippen MR) is 83.2 cm³/mol. The SMILES string of the molecule is CC1CCCC(C)C(O)CCCC(C)CC1.CCO. The van der Waals surface area contributed by atoms with Crippen molar-refractivity contribution in [1.29, 1.82) is 0 Å². The van der Waals surface area contributed by atoms with Gasteiger partial charge in [0.05, 0.1) is 6.10 Å². The van der Waals surface area contributed by atoms with Gasteiger partial charge in [-0.15, -0.1) is 0 Å². The number of hydrogen-bond acceptors (Lipinski definition) is 2. The Morgan fingerprint density at radius 3 is 1.68 bits per heavy atom. The molecule has 4 unspecified atom stereocenters. The molecule has 0 aromatic carbocycles. The van der Waals surface area contributed by atoms with Crippen LogP contribution in [0.25, 0.3) is 0 Å². The van der Waals surface area contributed by atoms with Gasteiger partial charge in [0.25, 0.3) is 0 Å². The Labute approximate surface area is 120 Å². The van der Waals surface area contributed by atoms with Gasteiger partial charge < -0.3 is 10.2 Å². The third kappa shape index (κ3) is 10.4. The Morgan fingerprint density at radius 1 is 0.789 bits per heavy atom. The molecule has 1 fully saturated rings. The van der Waals surface area contributed by atoms with Crippen molar-refractivity contribution in [2.24, 2.45) is 17.8 Å². The van der Waals surface area contributed by atoms with E-state index in [1.165, 1.54) is 44.9 Å². The maximum atomic E-state index is 10.0. The lowest BCUT2D eigenvalue weighted by molar-refractivity contribution is 0.0954. The highest BCUT2D eigenvalue weighted by molar-refractivity contribution is 4.68. The van der Waals surface area contributed by atoms with Gasteiger partial charge in [-0.1, -0.05) is 59.3 Å². The van der Waals surface area contributed by atoms with Crippen LogP contribution in [0.3, 0.4) is 0 Å². The van der Waals surface area contributed by atoms with Crippen LogP contribution >= 0.6 is 0 Å². The molecular weight excluding hydrogens is 236 g/mol. The van der Waals surface area contributed by atoms with Gasteiger partial charge in [0, 0.05) is 6.61 Å². The fraction of sp³-hybridized carbons (Fsp3) is 1.00. The molecule has 0 amide bonds. The molecule has 0 aliphatic heterocycles. The van der Waals surface area contributed by atoms with Crippen molar-refractivity contribution < 1.29 is 10.2 Å². The third-order valence-corrected chi connectivity index (χ3v) is 4.36. The minimum absolute atomic E-state index is 0.0538. The van der Waals surface area contributed by atoms with Gasteiger partial charge in [-0.3, -0.25) is 0 Å². The van der Waals surface area contributed by atoms with Crippen LogP contribution in [0.1, 0.15) is 79.1 Å². The fourth-order valence-electron chi connectivity index (χ4n) is 2.80. The lowest BCUT2D eigenvalue weighted by atomic mass is 9.86. The third-order valence-electron chi connectivity index (χ3n) is 4.36. The normalized spacial score (nSPS) is 34.4. The van der Waals surface area contributed by atoms with Crippen molar-refractivity contribution in [3.8, 4) is 0 Å². The zero-order valence-corrected chi connectivity index (χ0v) is 13.6. The molecule has 0 saturated heterocycles. The van der Waals surface area contributed by atoms with Crippen molar-refractivity contribution in [3.05, 3.63) is 0 Å². The quantitative estimate of drug-likeness (QED) is 0.686. The Balaban J connectivity index is 0.000000982. The maximum absolute atomic E-state index is 10.0. The molecule has 2 N–H and O–H groups in total. The van der Waals surface area contributed by atoms with Gasteiger partial charge in [-0.25, -0.2) is 0 Å². The summed E-state index contributed by atoms with van der Waals surface area (Å²) in [5.74, 6) is 2.23. The molecule has 2 heteroatoms. The molecule has 116 valence electrons. The second-order valence-corrected chi connectivity index (χ2v) is 6.51. The number of hydrogen-bond donors (Lipinski definition) is 2. The van der Waals surface area contributed by atoms with Gasteiger partial charge in [-0.05, 0) is 37.5 Å². The van der Waals surface area contributed by atoms with Gasteiger partial charge in [-0.2, -0.15) is 0 Å². The van der Waals surface area contributed by atoms with Crippen LogP contribution in [0.5, 0.6) is 0 Å². The highest BCUT2D eigenvalue weighted by Gasteiger charge is 2.16. The molecule has 1 rings (SSSR count). The molecule has 0 radical (unpaired) electrons. The molecular formula is C17H36O2. The van der Waals surface area contributed by atoms with Gasteiger partial charge in [0.1, 0.15) is 0 Å². The van der Waals surface area contributed by atoms with Gasteiger partial charge in [0.2, 0.25) is 0 Å². The molecule has 2 nitrogen and oxygen atoms in total. The predicted octanol–water partition coefficient (Wildman–Crippen LogP) is 4.39. The Bertz CT molecular complexity index is 174. The van der Waals surface area contributed by atoms with E-state index >= 15 is 0 Å². The average molecular weight is 272 g/mol. The summed E-state index contributed by atoms with van der Waals surface area (Å²) in [4.78, 5) is 0. The zero-order chi connectivity index (χ0) is 14.7. The van der Waals surface area contributed by atoms with E-state index < -0.39 is 0 Å². The second-order valence-electron chi connectivity index (χ2n) is 6.51. The van der Waals surface area contributed by atoms with Gasteiger partial charge in [0.15, 0.2) is 0 Å². The van der Waals surface area contributed by atoms with E-state index in [2.05, 4.69) is 20.8 Å². The molecule has 1 saturated carbocycles. The van der Waals surface area contributed by atoms with Gasteiger partial charge >= 0.3 is 0 Å². The highest BCUT2D eigenvalue weighted by atomic mass is 16.3. The standard InChI is InChI=1S/C15H30O.C2H6O/c1-12-6-4-8-14(3)15(16)9-5-7-13(2)11-10-12;1-2-3/h12-16H,4-11H2,1-3H3;3H,2H2,1H3. The summed E-state index contributed by atoms with van der Waals surface area (Å²) < 4.78 is 0. The molecule has 1 aliphatic rings. The molecule has 0 bridgehead atoms. The minimum Gasteiger partial charge on any atom is -0.397 e. The monoisotopic (exact) mass is 272 g/mol. The molecule has 0 aromatic heterocycles. The first-order valence-electron chi connectivity index (χ1n) is 8.30. The van der Waals surface area contributed by atoms with E-state index in [4.69, 9.17) is 5.11 Å². The maximum Gasteiger partial charge on any atom is 0.0565 e. The molecule has 0 aromatic rings. The number of aliphatic hydroxyl groups is 2. The zero-order valence-electron chi connectivity index (χ0n) is 13.6. The van der Waals surface area contributed by atoms with E-state index in [-0.39, 0.29) is 12.7 Å². The van der Waals surface area contributed by atoms with Crippen molar-refractivity contribution in [3.63, 3.8) is 0 Å². The van der Waals surface area contributed by atoms with E-state index in [1.54, 1.807) is 6.92 Å². The molecule has 0 heterocycles. The lowest BCUT2D eigenvalue weighted by Gasteiger charge is -2.22. The van der Waals surface area contributed by atoms with Crippen LogP contribution in [-0.4, -0.2) is 22.9 Å². The molecule has 19 heavy (non-hydrogen) atoms. The second kappa shape index (κ2) is 11.7. The van der Waals surface area contributed by atoms with Crippen molar-refractivity contribution >= 4 is 0 Å². The van der Waals surface area contributed by atoms with Crippen molar-refractivity contribution in [2.45, 2.75) is 85.2 Å². The van der Waals surface area contributed by atoms with E-state index in [9.17, 15) is 5.11 Å². The smallest absolute Gasteiger partial charge is 0.0565 e. The number of rotatable bonds is 0. The average Bonchev–Trinajstić information content (AvgIpc) is 2.36. The molecule has 0 spiro atoms. The van der Waals surface area contributed by atoms with Crippen LogP contribution in [0.15, 0.2) is 0 Å². The number of aliphatic hydroxyl groups excluding tert-OH is 2. The van der Waals surface area contributed by atoms with Crippen LogP contribution in [0.2, 0.25) is 0 Å². The van der Waals surface area contributed by atoms with Crippen LogP contribution in [0.4, 0.5) is 0 Å². The first-order valence-corrected chi connectivity index (χ1v) is 8.30. The van der Waals surface area contributed by atoms with Crippen LogP contribution < -0.4 is 0 Å². The Hall–Kier alpha value is -0.0800. The van der Waals surface area contributed by atoms with Crippen molar-refractivity contribution in [1.82, 2.24) is 0 Å². The highest BCUT2D eigenvalue weighted by Crippen LogP contribution is 2.25. The fourth-order valence-corrected chi connectivity index (χ4v) is 2.80. The van der Waals surface area contributed by atoms with E-state index in [0.717, 1.165) is 18.3 Å². The minimum atomic E-state index is -0.0538. The van der Waals surface area contributed by atoms with Crippen LogP contribution in [0, 0.1) is 17.8 Å². The summed E-state index contributed by atoms with van der Waals surface area (Å²) in [6.07, 6.45) is 10.1. The first-order chi connectivity index (χ1) is 9.01. The van der Waals surface area contributed by atoms with Crippen molar-refractivity contribution in [2.75, 3.05) is 6.61 Å². The van der Waals surface area contributed by atoms with Crippen LogP contribution in [-0.2, 0) is 0 Å². The Morgan fingerprint density at radius 2 is 1.21 bits per heavy atom. The topological polar surface area (TPSA) is 40.5 Å². The first kappa shape index (κ1) is 18.9. The van der Waals surface area contributed by atoms with E-state index in [1.807, 2.05) is 0 Å². The summed E-state index contributed by atoms with van der Waals surface area (Å²) in [5.41, 5.74) is 0. The summed E-state index contributed by atoms with van der Waals surface area (Å²) in [5, 5.41) is 17.6. The lowest BCUT2D eigenvalue weighted by Crippen LogP contribution is -2.18. The largest absolute Gasteiger partial charge is 0.397 e. The summed E-state index contributed by atoms with van der Waals surface area (Å²) in [6.45, 7) is 8.90. The summed E-state index contributed by atoms with van der Waals surface area (Å²) >= 11 is 0. The summed E-state index contributed by atoms with van der Waals surface area (Å²) in [6, 6.07) is 0. The molecule has 4 atom stereocenters. The summed E-state index contributed by atoms with van der Waals surface area (Å²) in [7, 11) is 0. The van der Waals surface area contributed by atoms with E-state index in [0.29, 0.717) is 5.92 Å². The Kier molecular flexibility index (Phi) is 11.7.